The minimum absolute atomic E-state index is 0. The lowest BCUT2D eigenvalue weighted by atomic mass is 10.1. The van der Waals surface area contributed by atoms with Gasteiger partial charge in [-0.15, -0.1) is 12.4 Å². The van der Waals surface area contributed by atoms with Gasteiger partial charge in [-0.2, -0.15) is 0 Å². The first-order valence-electron chi connectivity index (χ1n) is 6.41. The van der Waals surface area contributed by atoms with Crippen molar-refractivity contribution in [2.45, 2.75) is 39.7 Å². The number of hydrogen-bond donors (Lipinski definition) is 3. The van der Waals surface area contributed by atoms with Crippen LogP contribution in [0.25, 0.3) is 0 Å². The maximum atomic E-state index is 11.6. The Hall–Kier alpha value is -1.59. The lowest BCUT2D eigenvalue weighted by Crippen LogP contribution is -2.32. The molecule has 6 heteroatoms. The first kappa shape index (κ1) is 18.4. The van der Waals surface area contributed by atoms with Crippen molar-refractivity contribution in [2.75, 3.05) is 10.6 Å². The van der Waals surface area contributed by atoms with Gasteiger partial charge in [-0.05, 0) is 38.0 Å². The fraction of sp³-hybridized carbons (Fsp3) is 0.429. The Bertz CT molecular complexity index is 475. The van der Waals surface area contributed by atoms with Crippen LogP contribution in [0.5, 0.6) is 0 Å². The van der Waals surface area contributed by atoms with E-state index in [2.05, 4.69) is 10.6 Å². The van der Waals surface area contributed by atoms with Crippen molar-refractivity contribution in [3.63, 3.8) is 0 Å². The number of amides is 2. The van der Waals surface area contributed by atoms with Crippen molar-refractivity contribution in [3.05, 3.63) is 23.8 Å². The first-order chi connectivity index (χ1) is 8.95. The van der Waals surface area contributed by atoms with E-state index in [0.29, 0.717) is 17.8 Å². The number of benzene rings is 1. The molecule has 0 saturated carbocycles. The van der Waals surface area contributed by atoms with Gasteiger partial charge in [0.2, 0.25) is 11.8 Å². The van der Waals surface area contributed by atoms with E-state index in [0.717, 1.165) is 12.0 Å². The smallest absolute Gasteiger partial charge is 0.241 e. The van der Waals surface area contributed by atoms with Crippen LogP contribution in [-0.4, -0.2) is 17.9 Å². The third-order valence-electron chi connectivity index (χ3n) is 2.76. The Kier molecular flexibility index (Phi) is 7.87. The number of nitrogens with two attached hydrogens (primary N) is 1. The summed E-state index contributed by atoms with van der Waals surface area (Å²) in [5.74, 6) is -0.276. The highest BCUT2D eigenvalue weighted by Gasteiger charge is 2.11. The first-order valence-corrected chi connectivity index (χ1v) is 6.41. The van der Waals surface area contributed by atoms with Crippen LogP contribution in [0, 0.1) is 6.92 Å². The number of anilines is 2. The van der Waals surface area contributed by atoms with E-state index in [1.807, 2.05) is 19.9 Å². The highest BCUT2D eigenvalue weighted by atomic mass is 35.5. The molecular weight excluding hydrogens is 278 g/mol. The second-order valence-corrected chi connectivity index (χ2v) is 4.55. The van der Waals surface area contributed by atoms with Crippen LogP contribution in [0.2, 0.25) is 0 Å². The molecule has 0 aliphatic carbocycles. The van der Waals surface area contributed by atoms with Gasteiger partial charge in [-0.1, -0.05) is 13.0 Å². The lowest BCUT2D eigenvalue weighted by molar-refractivity contribution is -0.117. The van der Waals surface area contributed by atoms with Gasteiger partial charge in [-0.25, -0.2) is 0 Å². The molecule has 5 nitrogen and oxygen atoms in total. The van der Waals surface area contributed by atoms with Gasteiger partial charge in [0.25, 0.3) is 0 Å². The quantitative estimate of drug-likeness (QED) is 0.781. The highest BCUT2D eigenvalue weighted by molar-refractivity contribution is 5.97. The molecule has 1 atom stereocenters. The predicted molar refractivity (Wildman–Crippen MR) is 84.2 cm³/mol. The van der Waals surface area contributed by atoms with Crippen LogP contribution in [-0.2, 0) is 9.59 Å². The number of rotatable bonds is 5. The molecule has 0 aromatic heterocycles. The summed E-state index contributed by atoms with van der Waals surface area (Å²) in [4.78, 5) is 23.2. The number of halogens is 1. The molecule has 1 rings (SSSR count). The third kappa shape index (κ3) is 5.19. The maximum absolute atomic E-state index is 11.6. The van der Waals surface area contributed by atoms with Crippen LogP contribution in [0.1, 0.15) is 32.3 Å². The molecule has 0 aliphatic heterocycles. The van der Waals surface area contributed by atoms with Crippen molar-refractivity contribution in [1.82, 2.24) is 0 Å². The average Bonchev–Trinajstić information content (AvgIpc) is 2.34. The molecule has 0 saturated heterocycles. The van der Waals surface area contributed by atoms with Crippen molar-refractivity contribution in [3.8, 4) is 0 Å². The summed E-state index contributed by atoms with van der Waals surface area (Å²) in [6.45, 7) is 5.42. The van der Waals surface area contributed by atoms with Crippen LogP contribution in [0.4, 0.5) is 11.4 Å². The summed E-state index contributed by atoms with van der Waals surface area (Å²) in [6.07, 6.45) is 1.28. The number of nitrogens with one attached hydrogen (secondary N) is 2. The van der Waals surface area contributed by atoms with Crippen molar-refractivity contribution in [1.29, 1.82) is 0 Å². The largest absolute Gasteiger partial charge is 0.326 e. The molecule has 1 aromatic carbocycles. The van der Waals surface area contributed by atoms with Gasteiger partial charge in [0.1, 0.15) is 0 Å². The Labute approximate surface area is 125 Å². The van der Waals surface area contributed by atoms with Gasteiger partial charge in [0, 0.05) is 17.8 Å². The molecule has 2 amide bonds. The number of carbonyl (C=O) groups excluding carboxylic acids is 2. The van der Waals surface area contributed by atoms with Gasteiger partial charge < -0.3 is 16.4 Å². The SMILES string of the molecule is CCCC(=O)Nc1cccc(NC(=O)[C@H](C)N)c1C.Cl. The molecular formula is C14H22ClN3O2. The molecule has 0 aliphatic rings. The molecule has 0 heterocycles. The van der Waals surface area contributed by atoms with E-state index in [4.69, 9.17) is 5.73 Å². The standard InChI is InChI=1S/C14H21N3O2.ClH/c1-4-6-13(18)16-11-7-5-8-12(9(11)2)17-14(19)10(3)15;/h5,7-8,10H,4,6,15H2,1-3H3,(H,16,18)(H,17,19);1H/t10-;/m0./s1. The fourth-order valence-electron chi connectivity index (χ4n) is 1.59. The summed E-state index contributed by atoms with van der Waals surface area (Å²) in [5, 5.41) is 5.57. The maximum Gasteiger partial charge on any atom is 0.241 e. The van der Waals surface area contributed by atoms with Crippen LogP contribution < -0.4 is 16.4 Å². The lowest BCUT2D eigenvalue weighted by Gasteiger charge is -2.14. The van der Waals surface area contributed by atoms with Gasteiger partial charge in [-0.3, -0.25) is 9.59 Å². The van der Waals surface area contributed by atoms with Crippen molar-refractivity contribution >= 4 is 35.6 Å². The fourth-order valence-corrected chi connectivity index (χ4v) is 1.59. The zero-order valence-corrected chi connectivity index (χ0v) is 12.8. The van der Waals surface area contributed by atoms with Crippen LogP contribution in [0.15, 0.2) is 18.2 Å². The predicted octanol–water partition coefficient (Wildman–Crippen LogP) is 2.44. The van der Waals surface area contributed by atoms with E-state index >= 15 is 0 Å². The Morgan fingerprint density at radius 1 is 1.25 bits per heavy atom. The second kappa shape index (κ2) is 8.55. The molecule has 1 aromatic rings. The number of hydrogen-bond acceptors (Lipinski definition) is 3. The zero-order valence-electron chi connectivity index (χ0n) is 12.0. The Morgan fingerprint density at radius 2 is 1.80 bits per heavy atom. The summed E-state index contributed by atoms with van der Waals surface area (Å²) < 4.78 is 0. The zero-order chi connectivity index (χ0) is 14.4. The normalized spacial score (nSPS) is 11.2. The monoisotopic (exact) mass is 299 g/mol. The highest BCUT2D eigenvalue weighted by Crippen LogP contribution is 2.23. The third-order valence-corrected chi connectivity index (χ3v) is 2.76. The summed E-state index contributed by atoms with van der Waals surface area (Å²) in [7, 11) is 0. The van der Waals surface area contributed by atoms with Crippen LogP contribution >= 0.6 is 12.4 Å². The summed E-state index contributed by atoms with van der Waals surface area (Å²) >= 11 is 0. The second-order valence-electron chi connectivity index (χ2n) is 4.55. The van der Waals surface area contributed by atoms with Gasteiger partial charge in [0.15, 0.2) is 0 Å². The van der Waals surface area contributed by atoms with E-state index in [1.165, 1.54) is 0 Å². The molecule has 0 radical (unpaired) electrons. The number of carbonyl (C=O) groups is 2. The Morgan fingerprint density at radius 3 is 2.30 bits per heavy atom. The van der Waals surface area contributed by atoms with Gasteiger partial charge in [0.05, 0.1) is 6.04 Å². The van der Waals surface area contributed by atoms with Gasteiger partial charge >= 0.3 is 0 Å². The minimum Gasteiger partial charge on any atom is -0.326 e. The van der Waals surface area contributed by atoms with E-state index < -0.39 is 6.04 Å². The molecule has 4 N–H and O–H groups in total. The van der Waals surface area contributed by atoms with E-state index in [-0.39, 0.29) is 24.2 Å². The van der Waals surface area contributed by atoms with E-state index in [9.17, 15) is 9.59 Å². The average molecular weight is 300 g/mol. The molecule has 20 heavy (non-hydrogen) atoms. The Balaban J connectivity index is 0.00000361. The topological polar surface area (TPSA) is 84.2 Å². The van der Waals surface area contributed by atoms with Crippen molar-refractivity contribution in [2.24, 2.45) is 5.73 Å². The molecule has 0 unspecified atom stereocenters. The van der Waals surface area contributed by atoms with E-state index in [1.54, 1.807) is 19.1 Å². The molecule has 0 spiro atoms. The summed E-state index contributed by atoms with van der Waals surface area (Å²) in [6, 6.07) is 4.80. The minimum atomic E-state index is -0.572. The summed E-state index contributed by atoms with van der Waals surface area (Å²) in [5.41, 5.74) is 7.70. The van der Waals surface area contributed by atoms with Crippen LogP contribution in [0.3, 0.4) is 0 Å². The van der Waals surface area contributed by atoms with Crippen molar-refractivity contribution < 1.29 is 9.59 Å². The molecule has 0 fully saturated rings. The molecule has 0 bridgehead atoms. The molecule has 112 valence electrons.